The molecule has 2 rings (SSSR count). The monoisotopic (exact) mass is 307 g/mol. The Morgan fingerprint density at radius 1 is 1.50 bits per heavy atom. The standard InChI is InChI=1S/C16H25N3O3/c1-19(2)14(12-6-4-5-7-15(12)22-3)10-18-16(21)13-8-11(20)9-17-13/h4-7,11,13-14,17,20H,8-10H2,1-3H3,(H,18,21)/t11-,13+,14-/m0/s1. The summed E-state index contributed by atoms with van der Waals surface area (Å²) in [5.41, 5.74) is 1.04. The van der Waals surface area contributed by atoms with Crippen LogP contribution in [0, 0.1) is 0 Å². The quantitative estimate of drug-likeness (QED) is 0.697. The van der Waals surface area contributed by atoms with Crippen LogP contribution in [-0.2, 0) is 4.79 Å². The molecule has 3 N–H and O–H groups in total. The molecule has 1 amide bonds. The summed E-state index contributed by atoms with van der Waals surface area (Å²) in [5.74, 6) is 0.739. The second kappa shape index (κ2) is 7.58. The van der Waals surface area contributed by atoms with Crippen LogP contribution in [0.15, 0.2) is 24.3 Å². The molecule has 0 aromatic heterocycles. The number of rotatable bonds is 6. The fourth-order valence-electron chi connectivity index (χ4n) is 2.75. The van der Waals surface area contributed by atoms with E-state index in [0.29, 0.717) is 19.5 Å². The third-order valence-corrected chi connectivity index (χ3v) is 4.02. The number of likely N-dealkylation sites (N-methyl/N-ethyl adjacent to an activating group) is 1. The summed E-state index contributed by atoms with van der Waals surface area (Å²) in [4.78, 5) is 14.2. The van der Waals surface area contributed by atoms with E-state index >= 15 is 0 Å². The van der Waals surface area contributed by atoms with E-state index in [2.05, 4.69) is 15.5 Å². The van der Waals surface area contributed by atoms with Gasteiger partial charge in [0.15, 0.2) is 0 Å². The summed E-state index contributed by atoms with van der Waals surface area (Å²) in [6, 6.07) is 7.53. The number of methoxy groups -OCH3 is 1. The van der Waals surface area contributed by atoms with E-state index in [1.165, 1.54) is 0 Å². The lowest BCUT2D eigenvalue weighted by Crippen LogP contribution is -2.43. The summed E-state index contributed by atoms with van der Waals surface area (Å²) in [5, 5.41) is 15.5. The lowest BCUT2D eigenvalue weighted by molar-refractivity contribution is -0.123. The second-order valence-electron chi connectivity index (χ2n) is 5.82. The number of amides is 1. The number of carbonyl (C=O) groups is 1. The molecule has 1 aliphatic rings. The topological polar surface area (TPSA) is 73.8 Å². The van der Waals surface area contributed by atoms with E-state index in [1.807, 2.05) is 38.4 Å². The fraction of sp³-hybridized carbons (Fsp3) is 0.562. The number of hydrogen-bond acceptors (Lipinski definition) is 5. The van der Waals surface area contributed by atoms with Gasteiger partial charge in [0.25, 0.3) is 0 Å². The molecule has 0 unspecified atom stereocenters. The van der Waals surface area contributed by atoms with Crippen molar-refractivity contribution in [2.45, 2.75) is 24.6 Å². The Labute approximate surface area is 131 Å². The molecule has 0 radical (unpaired) electrons. The predicted molar refractivity (Wildman–Crippen MR) is 84.8 cm³/mol. The van der Waals surface area contributed by atoms with Crippen LogP contribution in [0.5, 0.6) is 5.75 Å². The molecule has 122 valence electrons. The van der Waals surface area contributed by atoms with Crippen molar-refractivity contribution in [3.05, 3.63) is 29.8 Å². The number of carbonyl (C=O) groups excluding carboxylic acids is 1. The average Bonchev–Trinajstić information content (AvgIpc) is 2.94. The van der Waals surface area contributed by atoms with E-state index in [0.717, 1.165) is 11.3 Å². The van der Waals surface area contributed by atoms with Gasteiger partial charge >= 0.3 is 0 Å². The number of β-amino-alcohol motifs (C(OH)–C–C–N with tert-alkyl or cyclic N) is 1. The van der Waals surface area contributed by atoms with Gasteiger partial charge in [-0.05, 0) is 26.6 Å². The van der Waals surface area contributed by atoms with Crippen LogP contribution in [0.2, 0.25) is 0 Å². The highest BCUT2D eigenvalue weighted by Crippen LogP contribution is 2.27. The summed E-state index contributed by atoms with van der Waals surface area (Å²) in [6.07, 6.45) is 0.0299. The van der Waals surface area contributed by atoms with E-state index in [4.69, 9.17) is 4.74 Å². The Hall–Kier alpha value is -1.63. The number of para-hydroxylation sites is 1. The molecular formula is C16H25N3O3. The molecule has 22 heavy (non-hydrogen) atoms. The van der Waals surface area contributed by atoms with Crippen LogP contribution in [0.4, 0.5) is 0 Å². The average molecular weight is 307 g/mol. The minimum atomic E-state index is -0.436. The lowest BCUT2D eigenvalue weighted by Gasteiger charge is -2.27. The number of benzene rings is 1. The predicted octanol–water partition coefficient (Wildman–Crippen LogP) is 0.137. The molecule has 0 spiro atoms. The normalized spacial score (nSPS) is 22.6. The van der Waals surface area contributed by atoms with Gasteiger partial charge in [0.1, 0.15) is 5.75 Å². The summed E-state index contributed by atoms with van der Waals surface area (Å²) in [7, 11) is 5.59. The molecule has 0 aliphatic carbocycles. The number of nitrogens with one attached hydrogen (secondary N) is 2. The Balaban J connectivity index is 2.02. The number of hydrogen-bond donors (Lipinski definition) is 3. The molecule has 1 saturated heterocycles. The van der Waals surface area contributed by atoms with Gasteiger partial charge in [-0.15, -0.1) is 0 Å². The number of ether oxygens (including phenoxy) is 1. The van der Waals surface area contributed by atoms with Gasteiger partial charge in [0.2, 0.25) is 5.91 Å². The van der Waals surface area contributed by atoms with Crippen LogP contribution < -0.4 is 15.4 Å². The fourth-order valence-corrected chi connectivity index (χ4v) is 2.75. The van der Waals surface area contributed by atoms with Crippen LogP contribution in [0.1, 0.15) is 18.0 Å². The first-order valence-corrected chi connectivity index (χ1v) is 7.51. The van der Waals surface area contributed by atoms with Crippen molar-refractivity contribution in [1.29, 1.82) is 0 Å². The molecule has 1 fully saturated rings. The highest BCUT2D eigenvalue weighted by atomic mass is 16.5. The molecule has 1 heterocycles. The molecule has 6 nitrogen and oxygen atoms in total. The molecule has 0 saturated carbocycles. The first-order valence-electron chi connectivity index (χ1n) is 7.51. The van der Waals surface area contributed by atoms with Crippen molar-refractivity contribution in [2.75, 3.05) is 34.3 Å². The summed E-state index contributed by atoms with van der Waals surface area (Å²) < 4.78 is 5.41. The largest absolute Gasteiger partial charge is 0.496 e. The maximum absolute atomic E-state index is 12.2. The van der Waals surface area contributed by atoms with Gasteiger partial charge in [0, 0.05) is 18.7 Å². The third kappa shape index (κ3) is 3.97. The van der Waals surface area contributed by atoms with Gasteiger partial charge in [0.05, 0.1) is 25.3 Å². The van der Waals surface area contributed by atoms with E-state index < -0.39 is 6.10 Å². The van der Waals surface area contributed by atoms with Crippen LogP contribution >= 0.6 is 0 Å². The van der Waals surface area contributed by atoms with Crippen molar-refractivity contribution in [1.82, 2.24) is 15.5 Å². The first kappa shape index (κ1) is 16.7. The van der Waals surface area contributed by atoms with Crippen molar-refractivity contribution >= 4 is 5.91 Å². The van der Waals surface area contributed by atoms with Gasteiger partial charge < -0.3 is 25.4 Å². The lowest BCUT2D eigenvalue weighted by atomic mass is 10.0. The van der Waals surface area contributed by atoms with Gasteiger partial charge in [-0.3, -0.25) is 4.79 Å². The maximum atomic E-state index is 12.2. The SMILES string of the molecule is COc1ccccc1[C@H](CNC(=O)[C@H]1C[C@H](O)CN1)N(C)C. The van der Waals surface area contributed by atoms with Gasteiger partial charge in [-0.2, -0.15) is 0 Å². The first-order chi connectivity index (χ1) is 10.5. The molecule has 1 aromatic rings. The van der Waals surface area contributed by atoms with Crippen molar-refractivity contribution in [2.24, 2.45) is 0 Å². The van der Waals surface area contributed by atoms with Crippen molar-refractivity contribution < 1.29 is 14.6 Å². The smallest absolute Gasteiger partial charge is 0.237 e. The van der Waals surface area contributed by atoms with Crippen LogP contribution in [-0.4, -0.2) is 62.4 Å². The minimum absolute atomic E-state index is 0.0198. The van der Waals surface area contributed by atoms with Crippen LogP contribution in [0.3, 0.4) is 0 Å². The highest BCUT2D eigenvalue weighted by Gasteiger charge is 2.28. The maximum Gasteiger partial charge on any atom is 0.237 e. The Kier molecular flexibility index (Phi) is 5.76. The molecule has 3 atom stereocenters. The van der Waals surface area contributed by atoms with Crippen molar-refractivity contribution in [3.63, 3.8) is 0 Å². The zero-order valence-electron chi connectivity index (χ0n) is 13.4. The van der Waals surface area contributed by atoms with E-state index in [9.17, 15) is 9.90 Å². The Bertz CT molecular complexity index is 507. The van der Waals surface area contributed by atoms with E-state index in [-0.39, 0.29) is 18.0 Å². The molecule has 6 heteroatoms. The van der Waals surface area contributed by atoms with E-state index in [1.54, 1.807) is 7.11 Å². The number of nitrogens with zero attached hydrogens (tertiary/aromatic N) is 1. The highest BCUT2D eigenvalue weighted by molar-refractivity contribution is 5.82. The zero-order valence-corrected chi connectivity index (χ0v) is 13.4. The second-order valence-corrected chi connectivity index (χ2v) is 5.82. The minimum Gasteiger partial charge on any atom is -0.496 e. The van der Waals surface area contributed by atoms with Gasteiger partial charge in [-0.1, -0.05) is 18.2 Å². The number of aliphatic hydroxyl groups is 1. The summed E-state index contributed by atoms with van der Waals surface area (Å²) in [6.45, 7) is 0.961. The van der Waals surface area contributed by atoms with Gasteiger partial charge in [-0.25, -0.2) is 0 Å². The molecular weight excluding hydrogens is 282 g/mol. The third-order valence-electron chi connectivity index (χ3n) is 4.02. The Morgan fingerprint density at radius 2 is 2.23 bits per heavy atom. The number of aliphatic hydroxyl groups excluding tert-OH is 1. The zero-order chi connectivity index (χ0) is 16.1. The molecule has 1 aromatic carbocycles. The summed E-state index contributed by atoms with van der Waals surface area (Å²) >= 11 is 0. The van der Waals surface area contributed by atoms with Crippen LogP contribution in [0.25, 0.3) is 0 Å². The molecule has 0 bridgehead atoms. The molecule has 1 aliphatic heterocycles. The van der Waals surface area contributed by atoms with Crippen molar-refractivity contribution in [3.8, 4) is 5.75 Å². The Morgan fingerprint density at radius 3 is 2.82 bits per heavy atom.